The molecule has 0 atom stereocenters. The number of anilines is 3. The van der Waals surface area contributed by atoms with E-state index in [0.717, 1.165) is 11.4 Å². The van der Waals surface area contributed by atoms with E-state index in [1.807, 2.05) is 24.3 Å². The zero-order valence-electron chi connectivity index (χ0n) is 8.84. The lowest BCUT2D eigenvalue weighted by Gasteiger charge is -2.06. The Morgan fingerprint density at radius 2 is 1.94 bits per heavy atom. The number of rotatable bonds is 3. The fourth-order valence-electron chi connectivity index (χ4n) is 1.22. The fourth-order valence-corrected chi connectivity index (χ4v) is 1.22. The Bertz CT molecular complexity index is 470. The average molecular weight is 216 g/mol. The first-order valence-corrected chi connectivity index (χ1v) is 4.76. The number of hydrogen-bond acceptors (Lipinski definition) is 5. The van der Waals surface area contributed by atoms with Crippen LogP contribution in [0.5, 0.6) is 5.88 Å². The SMILES string of the molecule is COc1cncc(Nc2ccc(N)cc2)n1. The van der Waals surface area contributed by atoms with Gasteiger partial charge in [0.1, 0.15) is 0 Å². The third kappa shape index (κ3) is 2.38. The zero-order valence-corrected chi connectivity index (χ0v) is 8.84. The molecule has 0 bridgehead atoms. The largest absolute Gasteiger partial charge is 0.480 e. The molecule has 1 aromatic carbocycles. The van der Waals surface area contributed by atoms with Crippen LogP contribution in [0, 0.1) is 0 Å². The molecule has 1 heterocycles. The maximum atomic E-state index is 5.59. The molecular formula is C11H12N4O. The van der Waals surface area contributed by atoms with Gasteiger partial charge in [0, 0.05) is 11.4 Å². The lowest BCUT2D eigenvalue weighted by Crippen LogP contribution is -1.97. The molecule has 2 rings (SSSR count). The standard InChI is InChI=1S/C11H12N4O/c1-16-11-7-13-6-10(15-11)14-9-4-2-8(12)3-5-9/h2-7H,12H2,1H3,(H,14,15). The smallest absolute Gasteiger partial charge is 0.233 e. The number of nitrogens with one attached hydrogen (secondary N) is 1. The van der Waals surface area contributed by atoms with E-state index in [-0.39, 0.29) is 0 Å². The second-order valence-corrected chi connectivity index (χ2v) is 3.19. The van der Waals surface area contributed by atoms with Crippen LogP contribution in [0.1, 0.15) is 0 Å². The molecule has 0 spiro atoms. The van der Waals surface area contributed by atoms with Crippen LogP contribution in [-0.2, 0) is 0 Å². The lowest BCUT2D eigenvalue weighted by atomic mass is 10.3. The molecular weight excluding hydrogens is 204 g/mol. The van der Waals surface area contributed by atoms with Crippen molar-refractivity contribution in [3.05, 3.63) is 36.7 Å². The normalized spacial score (nSPS) is 9.81. The van der Waals surface area contributed by atoms with Crippen molar-refractivity contribution in [2.24, 2.45) is 0 Å². The van der Waals surface area contributed by atoms with Gasteiger partial charge in [-0.05, 0) is 24.3 Å². The molecule has 0 aliphatic heterocycles. The molecule has 16 heavy (non-hydrogen) atoms. The number of methoxy groups -OCH3 is 1. The van der Waals surface area contributed by atoms with Crippen molar-refractivity contribution in [2.45, 2.75) is 0 Å². The van der Waals surface area contributed by atoms with Gasteiger partial charge in [0.15, 0.2) is 5.82 Å². The number of nitrogens with two attached hydrogens (primary N) is 1. The maximum absolute atomic E-state index is 5.59. The van der Waals surface area contributed by atoms with Crippen molar-refractivity contribution >= 4 is 17.2 Å². The van der Waals surface area contributed by atoms with Crippen molar-refractivity contribution in [1.29, 1.82) is 0 Å². The molecule has 0 saturated heterocycles. The first-order valence-electron chi connectivity index (χ1n) is 4.76. The molecule has 0 fully saturated rings. The van der Waals surface area contributed by atoms with Gasteiger partial charge in [-0.15, -0.1) is 0 Å². The molecule has 5 heteroatoms. The van der Waals surface area contributed by atoms with Crippen molar-refractivity contribution in [1.82, 2.24) is 9.97 Å². The highest BCUT2D eigenvalue weighted by Crippen LogP contribution is 2.16. The highest BCUT2D eigenvalue weighted by atomic mass is 16.5. The Morgan fingerprint density at radius 1 is 1.19 bits per heavy atom. The predicted molar refractivity (Wildman–Crippen MR) is 62.7 cm³/mol. The van der Waals surface area contributed by atoms with E-state index in [1.54, 1.807) is 19.5 Å². The summed E-state index contributed by atoms with van der Waals surface area (Å²) in [7, 11) is 1.55. The third-order valence-corrected chi connectivity index (χ3v) is 2.00. The van der Waals surface area contributed by atoms with Gasteiger partial charge in [0.2, 0.25) is 5.88 Å². The first-order chi connectivity index (χ1) is 7.78. The summed E-state index contributed by atoms with van der Waals surface area (Å²) < 4.78 is 4.98. The predicted octanol–water partition coefficient (Wildman–Crippen LogP) is 1.81. The van der Waals surface area contributed by atoms with Crippen LogP contribution in [0.4, 0.5) is 17.2 Å². The number of aromatic nitrogens is 2. The number of ether oxygens (including phenoxy) is 1. The molecule has 0 radical (unpaired) electrons. The average Bonchev–Trinajstić information content (AvgIpc) is 2.32. The monoisotopic (exact) mass is 216 g/mol. The second kappa shape index (κ2) is 4.48. The van der Waals surface area contributed by atoms with Crippen molar-refractivity contribution in [2.75, 3.05) is 18.2 Å². The Balaban J connectivity index is 2.16. The summed E-state index contributed by atoms with van der Waals surface area (Å²) in [4.78, 5) is 8.18. The molecule has 1 aromatic heterocycles. The zero-order chi connectivity index (χ0) is 11.4. The van der Waals surface area contributed by atoms with Gasteiger partial charge in [0.25, 0.3) is 0 Å². The number of benzene rings is 1. The van der Waals surface area contributed by atoms with Gasteiger partial charge in [-0.1, -0.05) is 0 Å². The summed E-state index contributed by atoms with van der Waals surface area (Å²) in [6.45, 7) is 0. The molecule has 2 aromatic rings. The summed E-state index contributed by atoms with van der Waals surface area (Å²) in [6.07, 6.45) is 3.17. The highest BCUT2D eigenvalue weighted by Gasteiger charge is 1.98. The quantitative estimate of drug-likeness (QED) is 0.765. The first kappa shape index (κ1) is 10.2. The summed E-state index contributed by atoms with van der Waals surface area (Å²) >= 11 is 0. The van der Waals surface area contributed by atoms with Gasteiger partial charge in [-0.3, -0.25) is 4.98 Å². The molecule has 0 aliphatic carbocycles. The third-order valence-electron chi connectivity index (χ3n) is 2.00. The summed E-state index contributed by atoms with van der Waals surface area (Å²) in [5, 5.41) is 3.10. The molecule has 5 nitrogen and oxygen atoms in total. The van der Waals surface area contributed by atoms with Gasteiger partial charge in [-0.2, -0.15) is 4.98 Å². The van der Waals surface area contributed by atoms with Gasteiger partial charge >= 0.3 is 0 Å². The van der Waals surface area contributed by atoms with Crippen LogP contribution in [0.25, 0.3) is 0 Å². The van der Waals surface area contributed by atoms with Crippen molar-refractivity contribution in [3.8, 4) is 5.88 Å². The van der Waals surface area contributed by atoms with Crippen LogP contribution in [0.3, 0.4) is 0 Å². The van der Waals surface area contributed by atoms with Gasteiger partial charge in [-0.25, -0.2) is 0 Å². The van der Waals surface area contributed by atoms with E-state index in [9.17, 15) is 0 Å². The Labute approximate surface area is 93.3 Å². The van der Waals surface area contributed by atoms with Crippen LogP contribution in [-0.4, -0.2) is 17.1 Å². The Hall–Kier alpha value is -2.30. The van der Waals surface area contributed by atoms with E-state index < -0.39 is 0 Å². The van der Waals surface area contributed by atoms with E-state index in [1.165, 1.54) is 0 Å². The van der Waals surface area contributed by atoms with E-state index in [0.29, 0.717) is 11.7 Å². The molecule has 0 amide bonds. The second-order valence-electron chi connectivity index (χ2n) is 3.19. The molecule has 0 aliphatic rings. The number of nitrogen functional groups attached to an aromatic ring is 1. The van der Waals surface area contributed by atoms with Crippen LogP contribution >= 0.6 is 0 Å². The van der Waals surface area contributed by atoms with E-state index in [4.69, 9.17) is 10.5 Å². The summed E-state index contributed by atoms with van der Waals surface area (Å²) in [5.41, 5.74) is 7.21. The minimum Gasteiger partial charge on any atom is -0.480 e. The Morgan fingerprint density at radius 3 is 2.62 bits per heavy atom. The van der Waals surface area contributed by atoms with Crippen LogP contribution in [0.15, 0.2) is 36.7 Å². The lowest BCUT2D eigenvalue weighted by molar-refractivity contribution is 0.396. The fraction of sp³-hybridized carbons (Fsp3) is 0.0909. The summed E-state index contributed by atoms with van der Waals surface area (Å²) in [6, 6.07) is 7.37. The Kier molecular flexibility index (Phi) is 2.86. The van der Waals surface area contributed by atoms with E-state index in [2.05, 4.69) is 15.3 Å². The van der Waals surface area contributed by atoms with Gasteiger partial charge < -0.3 is 15.8 Å². The number of nitrogens with zero attached hydrogens (tertiary/aromatic N) is 2. The topological polar surface area (TPSA) is 73.1 Å². The molecule has 82 valence electrons. The van der Waals surface area contributed by atoms with Crippen molar-refractivity contribution < 1.29 is 4.74 Å². The summed E-state index contributed by atoms with van der Waals surface area (Å²) in [5.74, 6) is 1.10. The molecule has 3 N–H and O–H groups in total. The minimum atomic E-state index is 0.473. The van der Waals surface area contributed by atoms with Crippen molar-refractivity contribution in [3.63, 3.8) is 0 Å². The maximum Gasteiger partial charge on any atom is 0.233 e. The van der Waals surface area contributed by atoms with Crippen LogP contribution in [0.2, 0.25) is 0 Å². The number of hydrogen-bond donors (Lipinski definition) is 2. The molecule has 0 unspecified atom stereocenters. The molecule has 0 saturated carbocycles. The van der Waals surface area contributed by atoms with Gasteiger partial charge in [0.05, 0.1) is 19.5 Å². The van der Waals surface area contributed by atoms with E-state index >= 15 is 0 Å². The van der Waals surface area contributed by atoms with Crippen LogP contribution < -0.4 is 15.8 Å². The highest BCUT2D eigenvalue weighted by molar-refractivity contribution is 5.58. The minimum absolute atomic E-state index is 0.473.